The molecule has 2 aromatic carbocycles. The van der Waals surface area contributed by atoms with Crippen LogP contribution in [0.2, 0.25) is 0 Å². The largest absolute Gasteiger partial charge is 0.348 e. The third kappa shape index (κ3) is 4.64. The van der Waals surface area contributed by atoms with Crippen LogP contribution in [0.5, 0.6) is 0 Å². The van der Waals surface area contributed by atoms with E-state index in [0.29, 0.717) is 5.69 Å². The Morgan fingerprint density at radius 2 is 1.91 bits per heavy atom. The van der Waals surface area contributed by atoms with Gasteiger partial charge in [0, 0.05) is 12.2 Å². The highest BCUT2D eigenvalue weighted by atomic mass is 19.1. The highest BCUT2D eigenvalue weighted by Gasteiger charge is 2.10. The maximum atomic E-state index is 13.5. The second kappa shape index (κ2) is 7.71. The van der Waals surface area contributed by atoms with Gasteiger partial charge in [-0.05, 0) is 29.8 Å². The zero-order valence-electron chi connectivity index (χ0n) is 12.2. The van der Waals surface area contributed by atoms with Gasteiger partial charge in [-0.15, -0.1) is 0 Å². The summed E-state index contributed by atoms with van der Waals surface area (Å²) < 4.78 is 13.5. The van der Waals surface area contributed by atoms with Crippen LogP contribution in [0.15, 0.2) is 48.5 Å². The molecule has 0 bridgehead atoms. The molecule has 116 valence electrons. The molecule has 0 saturated carbocycles. The summed E-state index contributed by atoms with van der Waals surface area (Å²) in [5.41, 5.74) is 1.25. The summed E-state index contributed by atoms with van der Waals surface area (Å²) in [6.45, 7) is 0.190. The van der Waals surface area contributed by atoms with Gasteiger partial charge in [0.15, 0.2) is 0 Å². The predicted octanol–water partition coefficient (Wildman–Crippen LogP) is 2.61. The number of hydrogen-bond donors (Lipinski definition) is 2. The minimum absolute atomic E-state index is 0.0222. The molecule has 0 aliphatic heterocycles. The fourth-order valence-corrected chi connectivity index (χ4v) is 1.96. The molecule has 2 aromatic rings. The fraction of sp³-hybridized carbons (Fsp3) is 0.118. The van der Waals surface area contributed by atoms with Crippen molar-refractivity contribution in [3.05, 3.63) is 65.5 Å². The van der Waals surface area contributed by atoms with Gasteiger partial charge in [0.1, 0.15) is 12.2 Å². The number of hydrogen-bond acceptors (Lipinski definition) is 3. The van der Waals surface area contributed by atoms with Gasteiger partial charge in [0.25, 0.3) is 5.91 Å². The van der Waals surface area contributed by atoms with Crippen LogP contribution in [0.3, 0.4) is 0 Å². The number of anilines is 1. The second-order valence-electron chi connectivity index (χ2n) is 4.75. The van der Waals surface area contributed by atoms with Crippen LogP contribution < -0.4 is 10.6 Å². The van der Waals surface area contributed by atoms with Gasteiger partial charge in [-0.2, -0.15) is 5.26 Å². The topological polar surface area (TPSA) is 82.0 Å². The van der Waals surface area contributed by atoms with Gasteiger partial charge < -0.3 is 10.6 Å². The van der Waals surface area contributed by atoms with Crippen LogP contribution in [-0.2, 0) is 11.3 Å². The quantitative estimate of drug-likeness (QED) is 0.890. The standard InChI is InChI=1S/C17H14FN3O2/c18-15-7-2-1-6-14(15)17(23)20-11-12-4-3-5-13(10-12)21-16(22)8-9-19/h1-7,10H,8,11H2,(H,20,23)(H,21,22). The number of benzene rings is 2. The van der Waals surface area contributed by atoms with Crippen molar-refractivity contribution in [3.63, 3.8) is 0 Å². The molecule has 0 aromatic heterocycles. The molecule has 0 unspecified atom stereocenters. The number of rotatable bonds is 5. The third-order valence-electron chi connectivity index (χ3n) is 3.02. The molecule has 0 aliphatic rings. The van der Waals surface area contributed by atoms with E-state index in [-0.39, 0.29) is 18.5 Å². The van der Waals surface area contributed by atoms with Crippen molar-refractivity contribution in [2.75, 3.05) is 5.32 Å². The Balaban J connectivity index is 1.98. The normalized spacial score (nSPS) is 9.74. The van der Waals surface area contributed by atoms with Crippen LogP contribution in [0.25, 0.3) is 0 Å². The maximum absolute atomic E-state index is 13.5. The Bertz CT molecular complexity index is 768. The first-order chi connectivity index (χ1) is 11.1. The summed E-state index contributed by atoms with van der Waals surface area (Å²) >= 11 is 0. The highest BCUT2D eigenvalue weighted by molar-refractivity contribution is 5.94. The molecule has 2 amide bonds. The Kier molecular flexibility index (Phi) is 5.42. The van der Waals surface area contributed by atoms with Crippen LogP contribution in [-0.4, -0.2) is 11.8 Å². The summed E-state index contributed by atoms with van der Waals surface area (Å²) in [5.74, 6) is -1.50. The average Bonchev–Trinajstić information content (AvgIpc) is 2.53. The summed E-state index contributed by atoms with van der Waals surface area (Å²) in [4.78, 5) is 23.3. The molecule has 0 radical (unpaired) electrons. The number of halogens is 1. The van der Waals surface area contributed by atoms with E-state index in [0.717, 1.165) is 5.56 Å². The molecule has 5 nitrogen and oxygen atoms in total. The first-order valence-corrected chi connectivity index (χ1v) is 6.88. The van der Waals surface area contributed by atoms with Gasteiger partial charge >= 0.3 is 0 Å². The number of amides is 2. The van der Waals surface area contributed by atoms with E-state index in [1.807, 2.05) is 0 Å². The summed E-state index contributed by atoms with van der Waals surface area (Å²) in [6, 6.07) is 14.3. The fourth-order valence-electron chi connectivity index (χ4n) is 1.96. The molecule has 0 fully saturated rings. The first kappa shape index (κ1) is 16.2. The summed E-state index contributed by atoms with van der Waals surface area (Å²) in [5, 5.41) is 13.7. The molecular formula is C17H14FN3O2. The summed E-state index contributed by atoms with van der Waals surface area (Å²) in [7, 11) is 0. The lowest BCUT2D eigenvalue weighted by Crippen LogP contribution is -2.23. The van der Waals surface area contributed by atoms with Crippen LogP contribution in [0.4, 0.5) is 10.1 Å². The first-order valence-electron chi connectivity index (χ1n) is 6.88. The number of carbonyl (C=O) groups is 2. The van der Waals surface area contributed by atoms with E-state index < -0.39 is 17.6 Å². The molecule has 0 atom stereocenters. The molecule has 0 saturated heterocycles. The Labute approximate surface area is 132 Å². The van der Waals surface area contributed by atoms with Crippen molar-refractivity contribution in [3.8, 4) is 6.07 Å². The molecule has 0 heterocycles. The molecule has 2 rings (SSSR count). The number of carbonyl (C=O) groups excluding carboxylic acids is 2. The van der Waals surface area contributed by atoms with Gasteiger partial charge in [-0.25, -0.2) is 4.39 Å². The van der Waals surface area contributed by atoms with Crippen LogP contribution in [0, 0.1) is 17.1 Å². The van der Waals surface area contributed by atoms with Crippen molar-refractivity contribution in [2.45, 2.75) is 13.0 Å². The lowest BCUT2D eigenvalue weighted by molar-refractivity contribution is -0.115. The maximum Gasteiger partial charge on any atom is 0.254 e. The zero-order chi connectivity index (χ0) is 16.7. The van der Waals surface area contributed by atoms with Crippen molar-refractivity contribution in [1.29, 1.82) is 5.26 Å². The third-order valence-corrected chi connectivity index (χ3v) is 3.02. The minimum atomic E-state index is -0.581. The second-order valence-corrected chi connectivity index (χ2v) is 4.75. The Morgan fingerprint density at radius 1 is 1.13 bits per heavy atom. The monoisotopic (exact) mass is 311 g/mol. The Morgan fingerprint density at radius 3 is 2.65 bits per heavy atom. The van der Waals surface area contributed by atoms with Crippen molar-refractivity contribution >= 4 is 17.5 Å². The van der Waals surface area contributed by atoms with Crippen molar-refractivity contribution in [1.82, 2.24) is 5.32 Å². The van der Waals surface area contributed by atoms with Gasteiger partial charge in [-0.3, -0.25) is 9.59 Å². The lowest BCUT2D eigenvalue weighted by atomic mass is 10.1. The number of nitriles is 1. The molecule has 23 heavy (non-hydrogen) atoms. The van der Waals surface area contributed by atoms with Gasteiger partial charge in [-0.1, -0.05) is 24.3 Å². The molecule has 2 N–H and O–H groups in total. The average molecular weight is 311 g/mol. The minimum Gasteiger partial charge on any atom is -0.348 e. The molecule has 0 aliphatic carbocycles. The van der Waals surface area contributed by atoms with E-state index >= 15 is 0 Å². The predicted molar refractivity (Wildman–Crippen MR) is 82.9 cm³/mol. The lowest BCUT2D eigenvalue weighted by Gasteiger charge is -2.08. The Hall–Kier alpha value is -3.20. The van der Waals surface area contributed by atoms with E-state index in [1.165, 1.54) is 18.2 Å². The van der Waals surface area contributed by atoms with E-state index in [4.69, 9.17) is 5.26 Å². The zero-order valence-corrected chi connectivity index (χ0v) is 12.2. The van der Waals surface area contributed by atoms with Crippen LogP contribution in [0.1, 0.15) is 22.3 Å². The summed E-state index contributed by atoms with van der Waals surface area (Å²) in [6.07, 6.45) is -0.228. The SMILES string of the molecule is N#CCC(=O)Nc1cccc(CNC(=O)c2ccccc2F)c1. The number of nitrogens with zero attached hydrogens (tertiary/aromatic N) is 1. The molecule has 6 heteroatoms. The van der Waals surface area contributed by atoms with Gasteiger partial charge in [0.05, 0.1) is 11.6 Å². The smallest absolute Gasteiger partial charge is 0.254 e. The van der Waals surface area contributed by atoms with Crippen LogP contribution >= 0.6 is 0 Å². The number of nitrogens with one attached hydrogen (secondary N) is 2. The molecule has 0 spiro atoms. The van der Waals surface area contributed by atoms with Crippen molar-refractivity contribution in [2.24, 2.45) is 0 Å². The van der Waals surface area contributed by atoms with E-state index in [2.05, 4.69) is 10.6 Å². The van der Waals surface area contributed by atoms with Gasteiger partial charge in [0.2, 0.25) is 5.91 Å². The molecular weight excluding hydrogens is 297 g/mol. The van der Waals surface area contributed by atoms with E-state index in [9.17, 15) is 14.0 Å². The van der Waals surface area contributed by atoms with E-state index in [1.54, 1.807) is 36.4 Å². The highest BCUT2D eigenvalue weighted by Crippen LogP contribution is 2.12. The van der Waals surface area contributed by atoms with Crippen molar-refractivity contribution < 1.29 is 14.0 Å².